The molecule has 69 heavy (non-hydrogen) atoms. The second-order valence-corrected chi connectivity index (χ2v) is 19.8. The van der Waals surface area contributed by atoms with E-state index in [1.165, 1.54) is 133 Å². The smallest absolute Gasteiger partial charge is 0.0726 e. The van der Waals surface area contributed by atoms with Gasteiger partial charge in [-0.1, -0.05) is 121 Å². The largest absolute Gasteiger partial charge is 0.310 e. The fourth-order valence-electron chi connectivity index (χ4n) is 12.3. The van der Waals surface area contributed by atoms with Crippen molar-refractivity contribution in [2.24, 2.45) is 0 Å². The molecule has 0 heterocycles. The molecule has 0 saturated carbocycles. The van der Waals surface area contributed by atoms with Crippen molar-refractivity contribution < 1.29 is 0 Å². The molecule has 0 fully saturated rings. The van der Waals surface area contributed by atoms with Crippen molar-refractivity contribution in [3.8, 4) is 22.3 Å². The van der Waals surface area contributed by atoms with E-state index in [1.54, 1.807) is 0 Å². The standard InChI is InChI=1S/C67H52N2/c1-41-29-42(2)32-54(31-41)68(64-21-13-7-15-45(64)5)52-26-23-48-37-58-59-38-49-24-27-53(69(65-22-14-8-16-46(65)6)55-33-43(3)30-44(4)34-55)36-51(49)40-63(59)67(62(58)39-50(48)35-52)60-20-12-11-19-57(60)66-56-18-10-9-17-47(56)25-28-61(66)67/h7-40H,1-6H3. The molecule has 0 aliphatic heterocycles. The first-order chi connectivity index (χ1) is 33.6. The summed E-state index contributed by atoms with van der Waals surface area (Å²) in [6.45, 7) is 13.2. The molecule has 2 aliphatic carbocycles. The quantitative estimate of drug-likeness (QED) is 0.164. The maximum atomic E-state index is 2.54. The first-order valence-electron chi connectivity index (χ1n) is 24.3. The van der Waals surface area contributed by atoms with Gasteiger partial charge in [0, 0.05) is 34.1 Å². The average molecular weight is 885 g/mol. The second kappa shape index (κ2) is 15.4. The van der Waals surface area contributed by atoms with Gasteiger partial charge in [0.2, 0.25) is 0 Å². The van der Waals surface area contributed by atoms with Gasteiger partial charge in [-0.2, -0.15) is 0 Å². The Kier molecular flexibility index (Phi) is 9.17. The van der Waals surface area contributed by atoms with Gasteiger partial charge in [-0.05, 0) is 237 Å². The molecule has 330 valence electrons. The van der Waals surface area contributed by atoms with Crippen LogP contribution < -0.4 is 9.80 Å². The van der Waals surface area contributed by atoms with Gasteiger partial charge < -0.3 is 9.80 Å². The molecule has 11 aromatic rings. The normalized spacial score (nSPS) is 12.9. The first kappa shape index (κ1) is 41.0. The maximum absolute atomic E-state index is 2.54. The van der Waals surface area contributed by atoms with Gasteiger partial charge in [0.05, 0.1) is 5.41 Å². The maximum Gasteiger partial charge on any atom is 0.0726 e. The predicted molar refractivity (Wildman–Crippen MR) is 293 cm³/mol. The van der Waals surface area contributed by atoms with Gasteiger partial charge in [0.1, 0.15) is 0 Å². The highest BCUT2D eigenvalue weighted by molar-refractivity contribution is 6.09. The van der Waals surface area contributed by atoms with Crippen LogP contribution in [-0.2, 0) is 5.41 Å². The average Bonchev–Trinajstić information content (AvgIpc) is 3.79. The van der Waals surface area contributed by atoms with Gasteiger partial charge in [-0.25, -0.2) is 0 Å². The number of nitrogens with zero attached hydrogens (tertiary/aromatic N) is 2. The van der Waals surface area contributed by atoms with Crippen LogP contribution in [0, 0.1) is 41.5 Å². The lowest BCUT2D eigenvalue weighted by molar-refractivity contribution is 0.797. The van der Waals surface area contributed by atoms with Crippen molar-refractivity contribution in [2.45, 2.75) is 47.0 Å². The van der Waals surface area contributed by atoms with Crippen LogP contribution >= 0.6 is 0 Å². The van der Waals surface area contributed by atoms with E-state index in [0.29, 0.717) is 0 Å². The minimum absolute atomic E-state index is 0.554. The van der Waals surface area contributed by atoms with E-state index >= 15 is 0 Å². The molecule has 0 saturated heterocycles. The highest BCUT2D eigenvalue weighted by atomic mass is 15.1. The molecule has 0 unspecified atom stereocenters. The lowest BCUT2D eigenvalue weighted by atomic mass is 9.70. The summed E-state index contributed by atoms with van der Waals surface area (Å²) < 4.78 is 0. The lowest BCUT2D eigenvalue weighted by Crippen LogP contribution is -2.26. The third-order valence-corrected chi connectivity index (χ3v) is 15.1. The van der Waals surface area contributed by atoms with Crippen LogP contribution in [0.5, 0.6) is 0 Å². The minimum Gasteiger partial charge on any atom is -0.310 e. The van der Waals surface area contributed by atoms with Crippen molar-refractivity contribution in [1.82, 2.24) is 0 Å². The fourth-order valence-corrected chi connectivity index (χ4v) is 12.3. The van der Waals surface area contributed by atoms with Crippen LogP contribution in [0.3, 0.4) is 0 Å². The number of fused-ring (bicyclic) bond motifs is 14. The summed E-state index contributed by atoms with van der Waals surface area (Å²) in [7, 11) is 0. The van der Waals surface area contributed by atoms with E-state index in [4.69, 9.17) is 0 Å². The number of para-hydroxylation sites is 2. The van der Waals surface area contributed by atoms with Gasteiger partial charge in [-0.3, -0.25) is 0 Å². The van der Waals surface area contributed by atoms with Gasteiger partial charge in [0.15, 0.2) is 0 Å². The van der Waals surface area contributed by atoms with E-state index < -0.39 is 5.41 Å². The third-order valence-electron chi connectivity index (χ3n) is 15.1. The summed E-state index contributed by atoms with van der Waals surface area (Å²) in [6.07, 6.45) is 0. The van der Waals surface area contributed by atoms with Crippen molar-refractivity contribution in [3.63, 3.8) is 0 Å². The molecule has 11 aromatic carbocycles. The van der Waals surface area contributed by atoms with Crippen LogP contribution in [0.15, 0.2) is 206 Å². The Morgan fingerprint density at radius 3 is 1.29 bits per heavy atom. The first-order valence-corrected chi connectivity index (χ1v) is 24.3. The Balaban J connectivity index is 1.08. The molecule has 0 atom stereocenters. The number of rotatable bonds is 6. The number of benzene rings is 11. The van der Waals surface area contributed by atoms with Crippen LogP contribution in [0.2, 0.25) is 0 Å². The Morgan fingerprint density at radius 1 is 0.290 bits per heavy atom. The Labute approximate surface area is 405 Å². The zero-order chi connectivity index (χ0) is 46.7. The van der Waals surface area contributed by atoms with E-state index in [9.17, 15) is 0 Å². The summed E-state index contributed by atoms with van der Waals surface area (Å²) in [4.78, 5) is 4.89. The van der Waals surface area contributed by atoms with Crippen molar-refractivity contribution in [3.05, 3.63) is 262 Å². The molecule has 0 amide bonds. The van der Waals surface area contributed by atoms with Crippen molar-refractivity contribution in [2.75, 3.05) is 9.80 Å². The zero-order valence-corrected chi connectivity index (χ0v) is 40.0. The van der Waals surface area contributed by atoms with Gasteiger partial charge in [-0.15, -0.1) is 0 Å². The van der Waals surface area contributed by atoms with Crippen LogP contribution in [0.25, 0.3) is 54.6 Å². The monoisotopic (exact) mass is 884 g/mol. The van der Waals surface area contributed by atoms with Crippen molar-refractivity contribution in [1.29, 1.82) is 0 Å². The number of hydrogen-bond donors (Lipinski definition) is 0. The molecule has 0 bridgehead atoms. The summed E-state index contributed by atoms with van der Waals surface area (Å²) in [6, 6.07) is 78.5. The van der Waals surface area contributed by atoms with E-state index in [-0.39, 0.29) is 0 Å². The third kappa shape index (κ3) is 6.25. The van der Waals surface area contributed by atoms with Crippen molar-refractivity contribution >= 4 is 66.4 Å². The number of aryl methyl sites for hydroxylation is 6. The molecular formula is C67H52N2. The second-order valence-electron chi connectivity index (χ2n) is 19.8. The molecule has 0 aromatic heterocycles. The van der Waals surface area contributed by atoms with Crippen LogP contribution in [0.1, 0.15) is 55.6 Å². The molecule has 2 nitrogen and oxygen atoms in total. The Morgan fingerprint density at radius 2 is 0.754 bits per heavy atom. The highest BCUT2D eigenvalue weighted by Crippen LogP contribution is 2.65. The van der Waals surface area contributed by atoms with Crippen LogP contribution in [0.4, 0.5) is 34.1 Å². The molecule has 0 N–H and O–H groups in total. The molecule has 0 radical (unpaired) electrons. The SMILES string of the molecule is Cc1cc(C)cc(N(c2ccc3cc4c(cc3c2)C2(c3cc5cc(N(c6cc(C)cc(C)c6)c6ccccc6C)ccc5cc3-4)c3ccccc3-c3c2ccc2ccccc32)c2ccccc2C)c1. The predicted octanol–water partition coefficient (Wildman–Crippen LogP) is 18.3. The van der Waals surface area contributed by atoms with E-state index in [1.807, 2.05) is 0 Å². The Hall–Kier alpha value is -8.20. The number of anilines is 6. The lowest BCUT2D eigenvalue weighted by Gasteiger charge is -2.31. The molecule has 1 spiro atoms. The van der Waals surface area contributed by atoms with Gasteiger partial charge >= 0.3 is 0 Å². The molecule has 2 aliphatic rings. The minimum atomic E-state index is -0.554. The fraction of sp³-hybridized carbons (Fsp3) is 0.104. The topological polar surface area (TPSA) is 6.48 Å². The molecule has 2 heteroatoms. The van der Waals surface area contributed by atoms with E-state index in [2.05, 4.69) is 258 Å². The molecule has 13 rings (SSSR count). The van der Waals surface area contributed by atoms with E-state index in [0.717, 1.165) is 11.4 Å². The zero-order valence-electron chi connectivity index (χ0n) is 40.0. The summed E-state index contributed by atoms with van der Waals surface area (Å²) >= 11 is 0. The molecular weight excluding hydrogens is 833 g/mol. The van der Waals surface area contributed by atoms with Gasteiger partial charge in [0.25, 0.3) is 0 Å². The summed E-state index contributed by atoms with van der Waals surface area (Å²) in [5, 5.41) is 7.47. The summed E-state index contributed by atoms with van der Waals surface area (Å²) in [5.74, 6) is 0. The Bertz CT molecular complexity index is 3720. The summed E-state index contributed by atoms with van der Waals surface area (Å²) in [5.41, 5.74) is 24.5. The van der Waals surface area contributed by atoms with Crippen LogP contribution in [-0.4, -0.2) is 0 Å². The number of hydrogen-bond acceptors (Lipinski definition) is 2. The highest BCUT2D eigenvalue weighted by Gasteiger charge is 2.52.